The van der Waals surface area contributed by atoms with E-state index >= 15 is 0 Å². The SMILES string of the molecule is CCOCCNC(=O)CCc1ccccc1N. The van der Waals surface area contributed by atoms with Gasteiger partial charge in [-0.3, -0.25) is 4.79 Å². The van der Waals surface area contributed by atoms with Gasteiger partial charge in [-0.2, -0.15) is 0 Å². The van der Waals surface area contributed by atoms with E-state index in [1.807, 2.05) is 31.2 Å². The molecule has 0 aliphatic carbocycles. The highest BCUT2D eigenvalue weighted by atomic mass is 16.5. The van der Waals surface area contributed by atoms with Crippen molar-refractivity contribution < 1.29 is 9.53 Å². The van der Waals surface area contributed by atoms with Crippen molar-refractivity contribution in [2.24, 2.45) is 0 Å². The minimum atomic E-state index is 0.0351. The van der Waals surface area contributed by atoms with E-state index in [2.05, 4.69) is 5.32 Å². The van der Waals surface area contributed by atoms with Gasteiger partial charge in [-0.25, -0.2) is 0 Å². The number of hydrogen-bond acceptors (Lipinski definition) is 3. The Labute approximate surface area is 102 Å². The smallest absolute Gasteiger partial charge is 0.220 e. The summed E-state index contributed by atoms with van der Waals surface area (Å²) in [4.78, 5) is 11.5. The van der Waals surface area contributed by atoms with Crippen LogP contribution < -0.4 is 11.1 Å². The molecule has 1 amide bonds. The Hall–Kier alpha value is -1.55. The lowest BCUT2D eigenvalue weighted by molar-refractivity contribution is -0.121. The fraction of sp³-hybridized carbons (Fsp3) is 0.462. The zero-order chi connectivity index (χ0) is 12.5. The number of anilines is 1. The number of amides is 1. The zero-order valence-electron chi connectivity index (χ0n) is 10.2. The first-order valence-electron chi connectivity index (χ1n) is 5.92. The number of carbonyl (C=O) groups is 1. The molecule has 0 fully saturated rings. The lowest BCUT2D eigenvalue weighted by Gasteiger charge is -2.06. The highest BCUT2D eigenvalue weighted by molar-refractivity contribution is 5.76. The molecule has 3 N–H and O–H groups in total. The molecule has 0 heterocycles. The van der Waals surface area contributed by atoms with E-state index in [1.165, 1.54) is 0 Å². The monoisotopic (exact) mass is 236 g/mol. The maximum Gasteiger partial charge on any atom is 0.220 e. The summed E-state index contributed by atoms with van der Waals surface area (Å²) >= 11 is 0. The van der Waals surface area contributed by atoms with Gasteiger partial charge in [-0.05, 0) is 25.0 Å². The number of nitrogen functional groups attached to an aromatic ring is 1. The minimum absolute atomic E-state index is 0.0351. The summed E-state index contributed by atoms with van der Waals surface area (Å²) in [7, 11) is 0. The minimum Gasteiger partial charge on any atom is -0.399 e. The van der Waals surface area contributed by atoms with Crippen LogP contribution in [0.5, 0.6) is 0 Å². The van der Waals surface area contributed by atoms with Crippen molar-refractivity contribution in [1.29, 1.82) is 0 Å². The number of carbonyl (C=O) groups excluding carboxylic acids is 1. The second-order valence-corrected chi connectivity index (χ2v) is 3.75. The van der Waals surface area contributed by atoms with Crippen molar-refractivity contribution in [2.45, 2.75) is 19.8 Å². The fourth-order valence-corrected chi connectivity index (χ4v) is 1.51. The number of hydrogen-bond donors (Lipinski definition) is 2. The standard InChI is InChI=1S/C13H20N2O2/c1-2-17-10-9-15-13(16)8-7-11-5-3-4-6-12(11)14/h3-6H,2,7-10,14H2,1H3,(H,15,16). The average molecular weight is 236 g/mol. The maximum absolute atomic E-state index is 11.5. The van der Waals surface area contributed by atoms with E-state index in [-0.39, 0.29) is 5.91 Å². The normalized spacial score (nSPS) is 10.2. The third-order valence-corrected chi connectivity index (χ3v) is 2.45. The third-order valence-electron chi connectivity index (χ3n) is 2.45. The number of nitrogens with one attached hydrogen (secondary N) is 1. The highest BCUT2D eigenvalue weighted by Crippen LogP contribution is 2.12. The molecular weight excluding hydrogens is 216 g/mol. The van der Waals surface area contributed by atoms with Crippen molar-refractivity contribution in [2.75, 3.05) is 25.5 Å². The first kappa shape index (κ1) is 13.5. The van der Waals surface area contributed by atoms with E-state index in [4.69, 9.17) is 10.5 Å². The Kier molecular flexibility index (Phi) is 6.10. The van der Waals surface area contributed by atoms with E-state index in [1.54, 1.807) is 0 Å². The molecule has 0 saturated carbocycles. The molecule has 0 bridgehead atoms. The molecule has 0 aliphatic rings. The van der Waals surface area contributed by atoms with Crippen molar-refractivity contribution in [3.05, 3.63) is 29.8 Å². The molecule has 0 atom stereocenters. The van der Waals surface area contributed by atoms with Gasteiger partial charge in [0.1, 0.15) is 0 Å². The Balaban J connectivity index is 2.22. The van der Waals surface area contributed by atoms with E-state index < -0.39 is 0 Å². The molecular formula is C13H20N2O2. The summed E-state index contributed by atoms with van der Waals surface area (Å²) in [5, 5.41) is 2.80. The first-order chi connectivity index (χ1) is 8.24. The molecule has 0 spiro atoms. The van der Waals surface area contributed by atoms with Gasteiger partial charge in [-0.1, -0.05) is 18.2 Å². The van der Waals surface area contributed by atoms with Crippen molar-refractivity contribution in [3.8, 4) is 0 Å². The van der Waals surface area contributed by atoms with E-state index in [9.17, 15) is 4.79 Å². The van der Waals surface area contributed by atoms with Gasteiger partial charge in [0.05, 0.1) is 6.61 Å². The van der Waals surface area contributed by atoms with E-state index in [0.717, 1.165) is 11.3 Å². The van der Waals surface area contributed by atoms with Crippen LogP contribution in [0.1, 0.15) is 18.9 Å². The number of para-hydroxylation sites is 1. The Bertz CT molecular complexity index is 353. The second-order valence-electron chi connectivity index (χ2n) is 3.75. The molecule has 0 aromatic heterocycles. The van der Waals surface area contributed by atoms with Gasteiger partial charge in [0.2, 0.25) is 5.91 Å². The van der Waals surface area contributed by atoms with Crippen molar-refractivity contribution in [1.82, 2.24) is 5.32 Å². The summed E-state index contributed by atoms with van der Waals surface area (Å²) < 4.78 is 5.13. The molecule has 1 aromatic carbocycles. The van der Waals surface area contributed by atoms with Crippen LogP contribution in [0.3, 0.4) is 0 Å². The molecule has 1 aromatic rings. The summed E-state index contributed by atoms with van der Waals surface area (Å²) in [6.45, 7) is 3.74. The number of nitrogens with two attached hydrogens (primary N) is 1. The molecule has 0 saturated heterocycles. The molecule has 4 heteroatoms. The fourth-order valence-electron chi connectivity index (χ4n) is 1.51. The van der Waals surface area contributed by atoms with Crippen molar-refractivity contribution in [3.63, 3.8) is 0 Å². The number of benzene rings is 1. The van der Waals surface area contributed by atoms with Gasteiger partial charge in [0, 0.05) is 25.3 Å². The summed E-state index contributed by atoms with van der Waals surface area (Å²) in [5.41, 5.74) is 7.56. The van der Waals surface area contributed by atoms with Crippen molar-refractivity contribution >= 4 is 11.6 Å². The van der Waals surface area contributed by atoms with Crippen LogP contribution in [0.2, 0.25) is 0 Å². The van der Waals surface area contributed by atoms with Crippen LogP contribution in [0.25, 0.3) is 0 Å². The zero-order valence-corrected chi connectivity index (χ0v) is 10.2. The lowest BCUT2D eigenvalue weighted by atomic mass is 10.1. The van der Waals surface area contributed by atoms with Gasteiger partial charge in [-0.15, -0.1) is 0 Å². The average Bonchev–Trinajstić information content (AvgIpc) is 2.34. The van der Waals surface area contributed by atoms with Crippen LogP contribution >= 0.6 is 0 Å². The first-order valence-corrected chi connectivity index (χ1v) is 5.92. The predicted molar refractivity (Wildman–Crippen MR) is 68.7 cm³/mol. The van der Waals surface area contributed by atoms with Crippen LogP contribution in [-0.4, -0.2) is 25.7 Å². The van der Waals surface area contributed by atoms with Gasteiger partial charge < -0.3 is 15.8 Å². The molecule has 17 heavy (non-hydrogen) atoms. The Morgan fingerprint density at radius 3 is 2.88 bits per heavy atom. The van der Waals surface area contributed by atoms with Gasteiger partial charge in [0.15, 0.2) is 0 Å². The van der Waals surface area contributed by atoms with Gasteiger partial charge in [0.25, 0.3) is 0 Å². The summed E-state index contributed by atoms with van der Waals surface area (Å²) in [5.74, 6) is 0.0351. The number of rotatable bonds is 7. The Morgan fingerprint density at radius 1 is 1.41 bits per heavy atom. The largest absolute Gasteiger partial charge is 0.399 e. The highest BCUT2D eigenvalue weighted by Gasteiger charge is 2.03. The van der Waals surface area contributed by atoms with Crippen LogP contribution in [0.15, 0.2) is 24.3 Å². The molecule has 0 unspecified atom stereocenters. The number of aryl methyl sites for hydroxylation is 1. The topological polar surface area (TPSA) is 64.3 Å². The van der Waals surface area contributed by atoms with Crippen LogP contribution in [0, 0.1) is 0 Å². The van der Waals surface area contributed by atoms with Crippen LogP contribution in [-0.2, 0) is 16.0 Å². The number of ether oxygens (including phenoxy) is 1. The molecule has 94 valence electrons. The predicted octanol–water partition coefficient (Wildman–Crippen LogP) is 1.35. The van der Waals surface area contributed by atoms with Gasteiger partial charge >= 0.3 is 0 Å². The molecule has 0 radical (unpaired) electrons. The third kappa shape index (κ3) is 5.36. The summed E-state index contributed by atoms with van der Waals surface area (Å²) in [6.07, 6.45) is 1.13. The molecule has 1 rings (SSSR count). The summed E-state index contributed by atoms with van der Waals surface area (Å²) in [6, 6.07) is 7.62. The Morgan fingerprint density at radius 2 is 2.18 bits per heavy atom. The second kappa shape index (κ2) is 7.68. The van der Waals surface area contributed by atoms with Crippen LogP contribution in [0.4, 0.5) is 5.69 Å². The maximum atomic E-state index is 11.5. The molecule has 4 nitrogen and oxygen atoms in total. The lowest BCUT2D eigenvalue weighted by Crippen LogP contribution is -2.27. The molecule has 0 aliphatic heterocycles. The van der Waals surface area contributed by atoms with E-state index in [0.29, 0.717) is 32.6 Å². The quantitative estimate of drug-likeness (QED) is 0.555.